The van der Waals surface area contributed by atoms with Crippen molar-refractivity contribution in [3.8, 4) is 24.7 Å². The van der Waals surface area contributed by atoms with Crippen LogP contribution in [0.15, 0.2) is 22.3 Å². The Morgan fingerprint density at radius 2 is 1.58 bits per heavy atom. The zero-order valence-corrected chi connectivity index (χ0v) is 17.1. The molecular weight excluding hydrogens is 388 g/mol. The third kappa shape index (κ3) is 3.94. The molecule has 0 saturated heterocycles. The summed E-state index contributed by atoms with van der Waals surface area (Å²) in [7, 11) is 0. The minimum absolute atomic E-state index is 0. The van der Waals surface area contributed by atoms with Gasteiger partial charge in [0.05, 0.1) is 0 Å². The van der Waals surface area contributed by atoms with E-state index in [0.29, 0.717) is 5.92 Å². The summed E-state index contributed by atoms with van der Waals surface area (Å²) < 4.78 is 10.8. The van der Waals surface area contributed by atoms with Gasteiger partial charge in [0.2, 0.25) is 0 Å². The van der Waals surface area contributed by atoms with Crippen molar-refractivity contribution in [2.45, 2.75) is 56.1 Å². The van der Waals surface area contributed by atoms with Crippen LogP contribution in [0, 0.1) is 30.6 Å². The van der Waals surface area contributed by atoms with Gasteiger partial charge in [-0.3, -0.25) is 0 Å². The summed E-state index contributed by atoms with van der Waals surface area (Å²) in [5.41, 5.74) is 5.80. The Bertz CT molecular complexity index is 725. The van der Waals surface area contributed by atoms with Crippen LogP contribution in [-0.4, -0.2) is 11.9 Å². The van der Waals surface area contributed by atoms with Crippen molar-refractivity contribution in [2.24, 2.45) is 5.92 Å². The summed E-state index contributed by atoms with van der Waals surface area (Å²) in [6.07, 6.45) is 17.9. The zero-order chi connectivity index (χ0) is 18.0. The van der Waals surface area contributed by atoms with Crippen molar-refractivity contribution in [3.05, 3.63) is 22.3 Å². The van der Waals surface area contributed by atoms with Crippen molar-refractivity contribution in [2.75, 3.05) is 0 Å². The fraction of sp³-hybridized carbons (Fsp3) is 0.500. The van der Waals surface area contributed by atoms with Crippen molar-refractivity contribution in [3.63, 3.8) is 0 Å². The quantitative estimate of drug-likeness (QED) is 0.506. The van der Waals surface area contributed by atoms with Gasteiger partial charge in [0.1, 0.15) is 0 Å². The van der Waals surface area contributed by atoms with E-state index < -0.39 is 30.6 Å². The fourth-order valence-corrected chi connectivity index (χ4v) is 7.48. The van der Waals surface area contributed by atoms with E-state index in [1.165, 1.54) is 35.1 Å². The van der Waals surface area contributed by atoms with Gasteiger partial charge in [-0.1, -0.05) is 0 Å². The molecule has 0 fully saturated rings. The molecule has 0 bridgehead atoms. The Morgan fingerprint density at radius 3 is 2.19 bits per heavy atom. The standard InChI is InChI=1S/C14H19.2C3H2O2.ClH.Ti/c1-10-11-6-2-4-8-13(11)14-9-5-3-7-12(10)14;2*1-2-3(4)5;;/h6,10H,2-5,7-9H2,1H3;2*1H,(H,4,5);1H;/q;;;;+3/p-3. The van der Waals surface area contributed by atoms with Gasteiger partial charge < -0.3 is 12.4 Å². The molecule has 0 heterocycles. The van der Waals surface area contributed by atoms with Crippen molar-refractivity contribution in [1.29, 1.82) is 0 Å². The third-order valence-corrected chi connectivity index (χ3v) is 8.45. The zero-order valence-electron chi connectivity index (χ0n) is 14.8. The molecule has 0 amide bonds. The molecule has 6 heteroatoms. The van der Waals surface area contributed by atoms with Crippen LogP contribution in [0.25, 0.3) is 0 Å². The number of halogens is 1. The van der Waals surface area contributed by atoms with Gasteiger partial charge in [-0.05, 0) is 0 Å². The molecule has 3 rings (SSSR count). The molecule has 0 aromatic heterocycles. The molecule has 3 aliphatic rings. The van der Waals surface area contributed by atoms with E-state index in [4.69, 9.17) is 19.5 Å². The maximum atomic E-state index is 11.7. The van der Waals surface area contributed by atoms with Gasteiger partial charge in [-0.25, -0.2) is 0 Å². The Morgan fingerprint density at radius 1 is 1.00 bits per heavy atom. The molecule has 0 aromatic carbocycles. The van der Waals surface area contributed by atoms with Crippen molar-refractivity contribution >= 4 is 11.9 Å². The van der Waals surface area contributed by atoms with Gasteiger partial charge in [0, 0.05) is 0 Å². The topological polar surface area (TPSA) is 52.6 Å². The normalized spacial score (nSPS) is 23.7. The summed E-state index contributed by atoms with van der Waals surface area (Å²) >= 11 is -3.03. The minimum Gasteiger partial charge on any atom is -1.00 e. The van der Waals surface area contributed by atoms with Crippen LogP contribution in [0.1, 0.15) is 51.9 Å². The SMILES string of the molecule is C#CC(=O)[O][Ti+]([O]C(=O)C#C)[CH]1CCCC2=C1C(C)C1=C2CCCC1.[Cl-]. The maximum Gasteiger partial charge on any atom is -1.00 e. The van der Waals surface area contributed by atoms with E-state index in [9.17, 15) is 9.59 Å². The Kier molecular flexibility index (Phi) is 7.19. The number of rotatable bonds is 3. The van der Waals surface area contributed by atoms with Crippen molar-refractivity contribution < 1.29 is 47.3 Å². The second kappa shape index (κ2) is 8.96. The second-order valence-corrected chi connectivity index (χ2v) is 9.42. The van der Waals surface area contributed by atoms with Crippen LogP contribution in [0.4, 0.5) is 0 Å². The maximum absolute atomic E-state index is 11.7. The monoisotopic (exact) mass is 408 g/mol. The van der Waals surface area contributed by atoms with E-state index in [1.54, 1.807) is 0 Å². The molecular formula is C20H21ClO4Ti. The molecule has 3 aliphatic carbocycles. The van der Waals surface area contributed by atoms with Crippen LogP contribution >= 0.6 is 0 Å². The van der Waals surface area contributed by atoms with Gasteiger partial charge in [0.15, 0.2) is 0 Å². The average molecular weight is 409 g/mol. The molecule has 2 unspecified atom stereocenters. The van der Waals surface area contributed by atoms with Gasteiger partial charge in [-0.15, -0.1) is 0 Å². The predicted molar refractivity (Wildman–Crippen MR) is 89.1 cm³/mol. The molecule has 136 valence electrons. The number of allylic oxidation sites excluding steroid dienone is 4. The number of hydrogen-bond acceptors (Lipinski definition) is 4. The molecule has 0 radical (unpaired) electrons. The van der Waals surface area contributed by atoms with Gasteiger partial charge in [0.25, 0.3) is 0 Å². The molecule has 26 heavy (non-hydrogen) atoms. The molecule has 2 atom stereocenters. The number of fused-ring (bicyclic) bond motifs is 1. The molecule has 4 nitrogen and oxygen atoms in total. The third-order valence-electron chi connectivity index (χ3n) is 5.41. The summed E-state index contributed by atoms with van der Waals surface area (Å²) in [6, 6.07) is 0. The van der Waals surface area contributed by atoms with E-state index in [0.717, 1.165) is 32.1 Å². The molecule has 0 spiro atoms. The van der Waals surface area contributed by atoms with Crippen LogP contribution < -0.4 is 12.4 Å². The predicted octanol–water partition coefficient (Wildman–Crippen LogP) is 0.581. The number of carbonyl (C=O) groups excluding carboxylic acids is 2. The molecule has 0 N–H and O–H groups in total. The first kappa shape index (κ1) is 20.9. The molecule has 0 saturated carbocycles. The Balaban J connectivity index is 0.00000243. The number of carbonyl (C=O) groups is 2. The minimum atomic E-state index is -3.03. The largest absolute Gasteiger partial charge is 1.00 e. The first-order valence-electron chi connectivity index (χ1n) is 8.75. The van der Waals surface area contributed by atoms with Crippen molar-refractivity contribution in [1.82, 2.24) is 0 Å². The summed E-state index contributed by atoms with van der Waals surface area (Å²) in [5, 5.41) is 0. The van der Waals surface area contributed by atoms with E-state index in [-0.39, 0.29) is 16.6 Å². The van der Waals surface area contributed by atoms with E-state index in [1.807, 2.05) is 11.8 Å². The fourth-order valence-electron chi connectivity index (χ4n) is 4.47. The van der Waals surface area contributed by atoms with E-state index >= 15 is 0 Å². The van der Waals surface area contributed by atoms with Gasteiger partial charge in [-0.2, -0.15) is 0 Å². The van der Waals surface area contributed by atoms with Gasteiger partial charge >= 0.3 is 156 Å². The van der Waals surface area contributed by atoms with Crippen LogP contribution in [0.3, 0.4) is 0 Å². The van der Waals surface area contributed by atoms with Crippen LogP contribution in [0.2, 0.25) is 4.22 Å². The van der Waals surface area contributed by atoms with E-state index in [2.05, 4.69) is 6.92 Å². The number of terminal acetylenes is 2. The number of hydrogen-bond donors (Lipinski definition) is 0. The molecule has 0 aromatic rings. The summed E-state index contributed by atoms with van der Waals surface area (Å²) in [6.45, 7) is 2.23. The van der Waals surface area contributed by atoms with Crippen LogP contribution in [-0.2, 0) is 34.9 Å². The summed E-state index contributed by atoms with van der Waals surface area (Å²) in [5.74, 6) is 2.72. The first-order valence-corrected chi connectivity index (χ1v) is 10.9. The second-order valence-electron chi connectivity index (χ2n) is 6.70. The Hall–Kier alpha value is -1.46. The van der Waals surface area contributed by atoms with Crippen LogP contribution in [0.5, 0.6) is 0 Å². The first-order chi connectivity index (χ1) is 12.1. The summed E-state index contributed by atoms with van der Waals surface area (Å²) in [4.78, 5) is 23.3. The Labute approximate surface area is 168 Å². The molecule has 0 aliphatic heterocycles. The average Bonchev–Trinajstić information content (AvgIpc) is 2.94. The smallest absolute Gasteiger partial charge is 1.00 e.